The molecule has 0 aromatic heterocycles. The molecular weight excluding hydrogens is 283 g/mol. The van der Waals surface area contributed by atoms with E-state index < -0.39 is 0 Å². The summed E-state index contributed by atoms with van der Waals surface area (Å²) in [7, 11) is 0. The first-order valence-corrected chi connectivity index (χ1v) is 6.85. The Hall–Kier alpha value is -0.770. The van der Waals surface area contributed by atoms with Crippen LogP contribution in [0.5, 0.6) is 0 Å². The number of carbonyl (C=O) groups excluding carboxylic acids is 1. The zero-order chi connectivity index (χ0) is 13.0. The number of rotatable bonds is 4. The van der Waals surface area contributed by atoms with Crippen LogP contribution in [-0.2, 0) is 11.3 Å². The number of benzene rings is 1. The lowest BCUT2D eigenvalue weighted by Crippen LogP contribution is -2.43. The first-order chi connectivity index (χ1) is 8.70. The molecule has 1 aliphatic rings. The summed E-state index contributed by atoms with van der Waals surface area (Å²) in [5, 5.41) is 3.97. The largest absolute Gasteiger partial charge is 0.337 e. The molecule has 1 aliphatic heterocycles. The van der Waals surface area contributed by atoms with Gasteiger partial charge in [0.1, 0.15) is 0 Å². The molecule has 0 bridgehead atoms. The summed E-state index contributed by atoms with van der Waals surface area (Å²) >= 11 is 5.96. The van der Waals surface area contributed by atoms with Crippen molar-refractivity contribution in [2.45, 2.75) is 32.4 Å². The summed E-state index contributed by atoms with van der Waals surface area (Å²) in [6.45, 7) is 4.32. The first kappa shape index (κ1) is 16.3. The van der Waals surface area contributed by atoms with Crippen molar-refractivity contribution in [1.82, 2.24) is 10.2 Å². The Morgan fingerprint density at radius 1 is 1.53 bits per heavy atom. The summed E-state index contributed by atoms with van der Waals surface area (Å²) in [6, 6.07) is 7.69. The zero-order valence-electron chi connectivity index (χ0n) is 11.1. The third-order valence-corrected chi connectivity index (χ3v) is 3.55. The molecule has 3 nitrogen and oxygen atoms in total. The number of nitrogens with one attached hydrogen (secondary N) is 1. The van der Waals surface area contributed by atoms with E-state index in [1.807, 2.05) is 36.1 Å². The minimum Gasteiger partial charge on any atom is -0.337 e. The van der Waals surface area contributed by atoms with Gasteiger partial charge in [0, 0.05) is 18.1 Å². The predicted molar refractivity (Wildman–Crippen MR) is 80.8 cm³/mol. The Kier molecular flexibility index (Phi) is 6.63. The number of amides is 1. The van der Waals surface area contributed by atoms with Gasteiger partial charge in [-0.15, -0.1) is 12.4 Å². The van der Waals surface area contributed by atoms with E-state index >= 15 is 0 Å². The Labute approximate surface area is 125 Å². The molecular formula is C14H20Cl2N2O. The molecule has 0 spiro atoms. The lowest BCUT2D eigenvalue weighted by molar-refractivity contribution is -0.133. The highest BCUT2D eigenvalue weighted by Gasteiger charge is 2.25. The van der Waals surface area contributed by atoms with Crippen molar-refractivity contribution in [1.29, 1.82) is 0 Å². The van der Waals surface area contributed by atoms with Crippen LogP contribution in [0.1, 0.15) is 25.3 Å². The molecule has 1 heterocycles. The summed E-state index contributed by atoms with van der Waals surface area (Å²) in [5.41, 5.74) is 1.08. The van der Waals surface area contributed by atoms with Crippen molar-refractivity contribution in [2.24, 2.45) is 0 Å². The second kappa shape index (κ2) is 7.73. The van der Waals surface area contributed by atoms with Crippen LogP contribution in [0.2, 0.25) is 5.02 Å². The van der Waals surface area contributed by atoms with Gasteiger partial charge in [0.15, 0.2) is 0 Å². The third kappa shape index (κ3) is 4.37. The molecule has 1 aromatic carbocycles. The highest BCUT2D eigenvalue weighted by molar-refractivity contribution is 6.30. The lowest BCUT2D eigenvalue weighted by Gasteiger charge is -2.24. The highest BCUT2D eigenvalue weighted by atomic mass is 35.5. The van der Waals surface area contributed by atoms with Crippen molar-refractivity contribution >= 4 is 29.9 Å². The molecule has 2 rings (SSSR count). The van der Waals surface area contributed by atoms with Gasteiger partial charge in [-0.1, -0.05) is 23.7 Å². The van der Waals surface area contributed by atoms with E-state index in [2.05, 4.69) is 5.32 Å². The van der Waals surface area contributed by atoms with Crippen LogP contribution in [-0.4, -0.2) is 29.9 Å². The average molecular weight is 303 g/mol. The van der Waals surface area contributed by atoms with Gasteiger partial charge in [0.05, 0.1) is 6.04 Å². The molecule has 1 N–H and O–H groups in total. The Morgan fingerprint density at radius 3 is 2.89 bits per heavy atom. The number of likely N-dealkylation sites (N-methyl/N-ethyl adjacent to an activating group) is 1. The summed E-state index contributed by atoms with van der Waals surface area (Å²) in [6.07, 6.45) is 2.04. The van der Waals surface area contributed by atoms with Crippen LogP contribution in [0.3, 0.4) is 0 Å². The summed E-state index contributed by atoms with van der Waals surface area (Å²) in [5.74, 6) is 0.204. The standard InChI is InChI=1S/C14H19ClN2O.ClH/c1-2-17(14(18)13-7-4-8-16-13)10-11-5-3-6-12(15)9-11;/h3,5-6,9,13,16H,2,4,7-8,10H2,1H3;1H. The van der Waals surface area contributed by atoms with Crippen molar-refractivity contribution in [2.75, 3.05) is 13.1 Å². The smallest absolute Gasteiger partial charge is 0.239 e. The van der Waals surface area contributed by atoms with E-state index in [1.54, 1.807) is 0 Å². The highest BCUT2D eigenvalue weighted by Crippen LogP contribution is 2.15. The van der Waals surface area contributed by atoms with Crippen LogP contribution >= 0.6 is 24.0 Å². The molecule has 1 amide bonds. The third-order valence-electron chi connectivity index (χ3n) is 3.31. The van der Waals surface area contributed by atoms with Crippen LogP contribution in [0.15, 0.2) is 24.3 Å². The van der Waals surface area contributed by atoms with E-state index in [0.29, 0.717) is 6.54 Å². The average Bonchev–Trinajstić information content (AvgIpc) is 2.89. The predicted octanol–water partition coefficient (Wildman–Crippen LogP) is 2.86. The minimum atomic E-state index is 0. The van der Waals surface area contributed by atoms with Gasteiger partial charge in [-0.05, 0) is 44.0 Å². The van der Waals surface area contributed by atoms with Gasteiger partial charge in [-0.25, -0.2) is 0 Å². The van der Waals surface area contributed by atoms with Crippen LogP contribution < -0.4 is 5.32 Å². The molecule has 19 heavy (non-hydrogen) atoms. The molecule has 0 saturated carbocycles. The van der Waals surface area contributed by atoms with E-state index in [0.717, 1.165) is 36.5 Å². The fourth-order valence-corrected chi connectivity index (χ4v) is 2.53. The zero-order valence-corrected chi connectivity index (χ0v) is 12.6. The summed E-state index contributed by atoms with van der Waals surface area (Å²) in [4.78, 5) is 14.2. The molecule has 1 atom stereocenters. The maximum absolute atomic E-state index is 12.3. The molecule has 1 fully saturated rings. The van der Waals surface area contributed by atoms with Crippen molar-refractivity contribution in [3.63, 3.8) is 0 Å². The Bertz CT molecular complexity index is 420. The first-order valence-electron chi connectivity index (χ1n) is 6.47. The second-order valence-corrected chi connectivity index (χ2v) is 5.07. The fraction of sp³-hybridized carbons (Fsp3) is 0.500. The van der Waals surface area contributed by atoms with Crippen LogP contribution in [0, 0.1) is 0 Å². The molecule has 5 heteroatoms. The number of nitrogens with zero attached hydrogens (tertiary/aromatic N) is 1. The van der Waals surface area contributed by atoms with Gasteiger partial charge in [0.2, 0.25) is 5.91 Å². The fourth-order valence-electron chi connectivity index (χ4n) is 2.32. The molecule has 0 aliphatic carbocycles. The van der Waals surface area contributed by atoms with E-state index in [4.69, 9.17) is 11.6 Å². The Morgan fingerprint density at radius 2 is 2.32 bits per heavy atom. The van der Waals surface area contributed by atoms with Gasteiger partial charge < -0.3 is 10.2 Å². The number of hydrogen-bond acceptors (Lipinski definition) is 2. The normalized spacial score (nSPS) is 17.9. The second-order valence-electron chi connectivity index (χ2n) is 4.63. The number of hydrogen-bond donors (Lipinski definition) is 1. The quantitative estimate of drug-likeness (QED) is 0.927. The summed E-state index contributed by atoms with van der Waals surface area (Å²) < 4.78 is 0. The van der Waals surface area contributed by atoms with E-state index in [1.165, 1.54) is 0 Å². The molecule has 1 saturated heterocycles. The SMILES string of the molecule is CCN(Cc1cccc(Cl)c1)C(=O)C1CCCN1.Cl. The minimum absolute atomic E-state index is 0. The van der Waals surface area contributed by atoms with Gasteiger partial charge in [-0.2, -0.15) is 0 Å². The van der Waals surface area contributed by atoms with Crippen molar-refractivity contribution < 1.29 is 4.79 Å². The molecule has 106 valence electrons. The number of carbonyl (C=O) groups is 1. The lowest BCUT2D eigenvalue weighted by atomic mass is 10.1. The number of halogens is 2. The monoisotopic (exact) mass is 302 g/mol. The van der Waals surface area contributed by atoms with Crippen LogP contribution in [0.25, 0.3) is 0 Å². The maximum atomic E-state index is 12.3. The van der Waals surface area contributed by atoms with Gasteiger partial charge in [0.25, 0.3) is 0 Å². The van der Waals surface area contributed by atoms with Crippen molar-refractivity contribution in [3.8, 4) is 0 Å². The van der Waals surface area contributed by atoms with E-state index in [-0.39, 0.29) is 24.4 Å². The maximum Gasteiger partial charge on any atom is 0.239 e. The van der Waals surface area contributed by atoms with Crippen LogP contribution in [0.4, 0.5) is 0 Å². The van der Waals surface area contributed by atoms with Gasteiger partial charge in [-0.3, -0.25) is 4.79 Å². The van der Waals surface area contributed by atoms with Crippen molar-refractivity contribution in [3.05, 3.63) is 34.9 Å². The Balaban J connectivity index is 0.00000180. The molecule has 0 radical (unpaired) electrons. The topological polar surface area (TPSA) is 32.3 Å². The van der Waals surface area contributed by atoms with E-state index in [9.17, 15) is 4.79 Å². The molecule has 1 aromatic rings. The van der Waals surface area contributed by atoms with Gasteiger partial charge >= 0.3 is 0 Å². The molecule has 1 unspecified atom stereocenters.